The molecule has 0 amide bonds. The van der Waals surface area contributed by atoms with Gasteiger partial charge < -0.3 is 14.9 Å². The first-order valence-electron chi connectivity index (χ1n) is 7.73. The van der Waals surface area contributed by atoms with Crippen molar-refractivity contribution in [3.8, 4) is 5.75 Å². The van der Waals surface area contributed by atoms with Crippen molar-refractivity contribution in [2.24, 2.45) is 0 Å². The topological polar surface area (TPSA) is 107 Å². The largest absolute Gasteiger partial charge is 0.493 e. The van der Waals surface area contributed by atoms with Crippen LogP contribution in [0.3, 0.4) is 0 Å². The number of β-amino-alcohol motifs (C(OH)–C–C–N with tert-alkyl or cyclic N) is 1. The van der Waals surface area contributed by atoms with Gasteiger partial charge in [0.1, 0.15) is 11.3 Å². The second-order valence-corrected chi connectivity index (χ2v) is 7.30. The van der Waals surface area contributed by atoms with Gasteiger partial charge in [0, 0.05) is 32.7 Å². The van der Waals surface area contributed by atoms with Crippen molar-refractivity contribution in [1.29, 1.82) is 0 Å². The van der Waals surface area contributed by atoms with Gasteiger partial charge >= 0.3 is 5.97 Å². The van der Waals surface area contributed by atoms with Crippen LogP contribution in [0.15, 0.2) is 23.1 Å². The Balaban J connectivity index is 0.00000312. The Kier molecular flexibility index (Phi) is 10.4. The Labute approximate surface area is 165 Å². The number of carbonyl (C=O) groups is 1. The molecule has 0 aromatic heterocycles. The first kappa shape index (κ1) is 24.9. The zero-order valence-corrected chi connectivity index (χ0v) is 16.8. The highest BCUT2D eigenvalue weighted by atomic mass is 35.5. The lowest BCUT2D eigenvalue weighted by Gasteiger charge is -2.33. The highest BCUT2D eigenvalue weighted by Gasteiger charge is 2.29. The summed E-state index contributed by atoms with van der Waals surface area (Å²) in [5.41, 5.74) is -0.170. The molecule has 1 aromatic carbocycles. The monoisotopic (exact) mass is 430 g/mol. The van der Waals surface area contributed by atoms with Crippen LogP contribution >= 0.6 is 24.8 Å². The Morgan fingerprint density at radius 3 is 2.31 bits per heavy atom. The van der Waals surface area contributed by atoms with Crippen LogP contribution in [0.25, 0.3) is 0 Å². The molecule has 0 saturated carbocycles. The van der Waals surface area contributed by atoms with Crippen molar-refractivity contribution in [1.82, 2.24) is 9.21 Å². The molecule has 1 aromatic rings. The molecule has 1 heterocycles. The number of carboxylic acids is 1. The lowest BCUT2D eigenvalue weighted by molar-refractivity contribution is 0.0692. The highest BCUT2D eigenvalue weighted by molar-refractivity contribution is 7.89. The molecule has 0 spiro atoms. The zero-order chi connectivity index (χ0) is 17.7. The molecule has 2 N–H and O–H groups in total. The first-order chi connectivity index (χ1) is 11.4. The smallest absolute Gasteiger partial charge is 0.339 e. The molecule has 11 heteroatoms. The summed E-state index contributed by atoms with van der Waals surface area (Å²) in [4.78, 5) is 13.3. The van der Waals surface area contributed by atoms with Crippen LogP contribution in [0.4, 0.5) is 0 Å². The quantitative estimate of drug-likeness (QED) is 0.661. The third-order valence-corrected chi connectivity index (χ3v) is 5.76. The molecule has 0 unspecified atom stereocenters. The van der Waals surface area contributed by atoms with Crippen molar-refractivity contribution in [2.45, 2.75) is 11.8 Å². The number of ether oxygens (including phenoxy) is 1. The second kappa shape index (κ2) is 10.9. The van der Waals surface area contributed by atoms with Crippen LogP contribution in [-0.4, -0.2) is 79.7 Å². The van der Waals surface area contributed by atoms with E-state index in [0.29, 0.717) is 39.3 Å². The fourth-order valence-corrected chi connectivity index (χ4v) is 4.05. The number of carboxylic acid groups (broad SMARTS) is 1. The molecule has 8 nitrogen and oxygen atoms in total. The third-order valence-electron chi connectivity index (χ3n) is 3.87. The van der Waals surface area contributed by atoms with E-state index in [-0.39, 0.29) is 47.6 Å². The van der Waals surface area contributed by atoms with E-state index in [1.54, 1.807) is 6.92 Å². The molecule has 150 valence electrons. The van der Waals surface area contributed by atoms with Crippen LogP contribution in [0, 0.1) is 0 Å². The van der Waals surface area contributed by atoms with E-state index in [1.165, 1.54) is 16.4 Å². The molecule has 2 rings (SSSR count). The van der Waals surface area contributed by atoms with Crippen molar-refractivity contribution in [2.75, 3.05) is 45.9 Å². The van der Waals surface area contributed by atoms with Crippen LogP contribution < -0.4 is 4.74 Å². The van der Waals surface area contributed by atoms with Gasteiger partial charge in [0.2, 0.25) is 10.0 Å². The minimum atomic E-state index is -3.76. The molecule has 0 atom stereocenters. The van der Waals surface area contributed by atoms with E-state index in [4.69, 9.17) is 9.84 Å². The molecule has 1 saturated heterocycles. The summed E-state index contributed by atoms with van der Waals surface area (Å²) < 4.78 is 32.0. The average Bonchev–Trinajstić information content (AvgIpc) is 2.56. The van der Waals surface area contributed by atoms with E-state index in [0.717, 1.165) is 6.07 Å². The van der Waals surface area contributed by atoms with Crippen LogP contribution in [-0.2, 0) is 10.0 Å². The van der Waals surface area contributed by atoms with Crippen LogP contribution in [0.1, 0.15) is 17.3 Å². The number of hydrogen-bond acceptors (Lipinski definition) is 6. The fraction of sp³-hybridized carbons (Fsp3) is 0.533. The fourth-order valence-electron chi connectivity index (χ4n) is 2.60. The number of hydrogen-bond donors (Lipinski definition) is 2. The first-order valence-corrected chi connectivity index (χ1v) is 9.17. The third kappa shape index (κ3) is 5.70. The normalized spacial score (nSPS) is 15.6. The second-order valence-electron chi connectivity index (χ2n) is 5.37. The van der Waals surface area contributed by atoms with Crippen LogP contribution in [0.2, 0.25) is 0 Å². The lowest BCUT2D eigenvalue weighted by Crippen LogP contribution is -2.49. The van der Waals surface area contributed by atoms with E-state index >= 15 is 0 Å². The Hall–Kier alpha value is -1.10. The van der Waals surface area contributed by atoms with Gasteiger partial charge in [-0.15, -0.1) is 24.8 Å². The highest BCUT2D eigenvalue weighted by Crippen LogP contribution is 2.25. The lowest BCUT2D eigenvalue weighted by atomic mass is 10.2. The molecule has 0 bridgehead atoms. The SMILES string of the molecule is CCOc1ccc(S(=O)(=O)N2CCN(CCO)CC2)cc1C(=O)O.Cl.Cl. The maximum atomic E-state index is 12.7. The average molecular weight is 431 g/mol. The summed E-state index contributed by atoms with van der Waals surface area (Å²) in [5, 5.41) is 18.2. The molecule has 1 aliphatic heterocycles. The van der Waals surface area contributed by atoms with E-state index in [9.17, 15) is 18.3 Å². The standard InChI is InChI=1S/C15H22N2O6S.2ClH/c1-2-23-14-4-3-12(11-13(14)15(19)20)24(21,22)17-7-5-16(6-8-17)9-10-18;;/h3-4,11,18H,2,5-10H2,1H3,(H,19,20);2*1H. The van der Waals surface area contributed by atoms with Gasteiger partial charge in [-0.2, -0.15) is 4.31 Å². The Morgan fingerprint density at radius 2 is 1.81 bits per heavy atom. The number of halogens is 2. The molecule has 1 aliphatic rings. The summed E-state index contributed by atoms with van der Waals surface area (Å²) in [7, 11) is -3.76. The summed E-state index contributed by atoms with van der Waals surface area (Å²) in [6.07, 6.45) is 0. The molecule has 1 fully saturated rings. The number of sulfonamides is 1. The minimum Gasteiger partial charge on any atom is -0.493 e. The Morgan fingerprint density at radius 1 is 1.19 bits per heavy atom. The number of aromatic carboxylic acids is 1. The number of benzene rings is 1. The van der Waals surface area contributed by atoms with Gasteiger partial charge in [-0.05, 0) is 25.1 Å². The van der Waals surface area contributed by atoms with Gasteiger partial charge in [-0.25, -0.2) is 13.2 Å². The predicted molar refractivity (Wildman–Crippen MR) is 101 cm³/mol. The molecule has 0 radical (unpaired) electrons. The number of aliphatic hydroxyl groups is 1. The summed E-state index contributed by atoms with van der Waals surface area (Å²) in [6.45, 7) is 4.23. The molecule has 0 aliphatic carbocycles. The van der Waals surface area contributed by atoms with Crippen molar-refractivity contribution in [3.63, 3.8) is 0 Å². The van der Waals surface area contributed by atoms with E-state index in [2.05, 4.69) is 0 Å². The van der Waals surface area contributed by atoms with Gasteiger partial charge in [0.25, 0.3) is 0 Å². The maximum Gasteiger partial charge on any atom is 0.339 e. The van der Waals surface area contributed by atoms with Crippen molar-refractivity contribution >= 4 is 40.8 Å². The van der Waals surface area contributed by atoms with Gasteiger partial charge in [-0.1, -0.05) is 0 Å². The van der Waals surface area contributed by atoms with E-state index < -0.39 is 16.0 Å². The maximum absolute atomic E-state index is 12.7. The number of nitrogens with zero attached hydrogens (tertiary/aromatic N) is 2. The Bertz CT molecular complexity index is 693. The van der Waals surface area contributed by atoms with Gasteiger partial charge in [-0.3, -0.25) is 4.90 Å². The van der Waals surface area contributed by atoms with Crippen molar-refractivity contribution in [3.05, 3.63) is 23.8 Å². The summed E-state index contributed by atoms with van der Waals surface area (Å²) >= 11 is 0. The summed E-state index contributed by atoms with van der Waals surface area (Å²) in [5.74, 6) is -1.08. The minimum absolute atomic E-state index is 0. The number of rotatable bonds is 7. The van der Waals surface area contributed by atoms with E-state index in [1.807, 2.05) is 4.90 Å². The molecular formula is C15H24Cl2N2O6S. The number of aliphatic hydroxyl groups excluding tert-OH is 1. The summed E-state index contributed by atoms with van der Waals surface area (Å²) in [6, 6.07) is 3.89. The zero-order valence-electron chi connectivity index (χ0n) is 14.3. The van der Waals surface area contributed by atoms with Gasteiger partial charge in [0.15, 0.2) is 0 Å². The van der Waals surface area contributed by atoms with Crippen molar-refractivity contribution < 1.29 is 28.2 Å². The molecule has 26 heavy (non-hydrogen) atoms. The molecular weight excluding hydrogens is 407 g/mol. The number of piperazine rings is 1. The predicted octanol–water partition coefficient (Wildman–Crippen LogP) is 0.926. The van der Waals surface area contributed by atoms with Crippen LogP contribution in [0.5, 0.6) is 5.75 Å². The van der Waals surface area contributed by atoms with Gasteiger partial charge in [0.05, 0.1) is 18.1 Å².